The first-order chi connectivity index (χ1) is 5.85. The zero-order valence-corrected chi connectivity index (χ0v) is 9.78. The molecule has 0 heterocycles. The van der Waals surface area contributed by atoms with Crippen LogP contribution in [0.4, 0.5) is 0 Å². The van der Waals surface area contributed by atoms with E-state index in [1.54, 1.807) is 0 Å². The monoisotopic (exact) mass is 208 g/mol. The molecule has 13 heavy (non-hydrogen) atoms. The lowest BCUT2D eigenvalue weighted by Crippen LogP contribution is -2.34. The lowest BCUT2D eigenvalue weighted by Gasteiger charge is -2.23. The average molecular weight is 208 g/mol. The van der Waals surface area contributed by atoms with E-state index in [-0.39, 0.29) is 6.61 Å². The van der Waals surface area contributed by atoms with Gasteiger partial charge in [0.05, 0.1) is 13.2 Å². The van der Waals surface area contributed by atoms with Gasteiger partial charge in [0.15, 0.2) is 14.6 Å². The van der Waals surface area contributed by atoms with Gasteiger partial charge in [0, 0.05) is 0 Å². The van der Waals surface area contributed by atoms with Crippen LogP contribution in [0.25, 0.3) is 0 Å². The zero-order chi connectivity index (χ0) is 10.5. The first-order valence-electron chi connectivity index (χ1n) is 4.43. The molecular formula is C8H20O4Si. The van der Waals surface area contributed by atoms with E-state index in [1.165, 1.54) is 6.92 Å². The Balaban J connectivity index is 3.72. The molecule has 4 nitrogen and oxygen atoms in total. The molecule has 1 unspecified atom stereocenters. The summed E-state index contributed by atoms with van der Waals surface area (Å²) in [5, 5.41) is 17.8. The maximum atomic E-state index is 8.91. The topological polar surface area (TPSA) is 58.9 Å². The number of hydrogen-bond acceptors (Lipinski definition) is 4. The van der Waals surface area contributed by atoms with Gasteiger partial charge >= 0.3 is 0 Å². The Morgan fingerprint density at radius 2 is 1.85 bits per heavy atom. The summed E-state index contributed by atoms with van der Waals surface area (Å²) in [6, 6.07) is 0. The van der Waals surface area contributed by atoms with Gasteiger partial charge in [-0.1, -0.05) is 0 Å². The highest BCUT2D eigenvalue weighted by Gasteiger charge is 2.18. The molecule has 0 saturated carbocycles. The summed E-state index contributed by atoms with van der Waals surface area (Å²) in [6.07, 6.45) is -1.28. The zero-order valence-electron chi connectivity index (χ0n) is 8.78. The van der Waals surface area contributed by atoms with Crippen LogP contribution in [-0.2, 0) is 9.16 Å². The van der Waals surface area contributed by atoms with E-state index in [1.807, 2.05) is 0 Å². The van der Waals surface area contributed by atoms with Crippen LogP contribution in [0.5, 0.6) is 0 Å². The van der Waals surface area contributed by atoms with Crippen molar-refractivity contribution in [3.05, 3.63) is 0 Å². The van der Waals surface area contributed by atoms with Gasteiger partial charge in [-0.3, -0.25) is 0 Å². The van der Waals surface area contributed by atoms with Crippen molar-refractivity contribution in [1.29, 1.82) is 0 Å². The smallest absolute Gasteiger partial charge is 0.183 e. The molecule has 0 aliphatic carbocycles. The van der Waals surface area contributed by atoms with Gasteiger partial charge in [0.25, 0.3) is 0 Å². The van der Waals surface area contributed by atoms with Crippen molar-refractivity contribution in [2.75, 3.05) is 13.2 Å². The van der Waals surface area contributed by atoms with E-state index < -0.39 is 20.7 Å². The largest absolute Gasteiger partial charge is 0.415 e. The minimum absolute atomic E-state index is 0.130. The third kappa shape index (κ3) is 8.39. The van der Waals surface area contributed by atoms with Crippen LogP contribution in [0.15, 0.2) is 0 Å². The summed E-state index contributed by atoms with van der Waals surface area (Å²) < 4.78 is 10.5. The second kappa shape index (κ2) is 5.72. The highest BCUT2D eigenvalue weighted by atomic mass is 28.4. The van der Waals surface area contributed by atoms with Gasteiger partial charge in [0.1, 0.15) is 6.10 Å². The fraction of sp³-hybridized carbons (Fsp3) is 1.00. The Bertz CT molecular complexity index is 133. The van der Waals surface area contributed by atoms with Crippen LogP contribution in [-0.4, -0.2) is 44.1 Å². The highest BCUT2D eigenvalue weighted by molar-refractivity contribution is 6.69. The van der Waals surface area contributed by atoms with Gasteiger partial charge in [-0.05, 0) is 26.6 Å². The van der Waals surface area contributed by atoms with Gasteiger partial charge in [-0.15, -0.1) is 0 Å². The predicted octanol–water partition coefficient (Wildman–Crippen LogP) is 0.554. The molecule has 0 fully saturated rings. The van der Waals surface area contributed by atoms with E-state index in [2.05, 4.69) is 19.6 Å². The molecule has 0 aromatic carbocycles. The van der Waals surface area contributed by atoms with Gasteiger partial charge < -0.3 is 19.4 Å². The third-order valence-corrected chi connectivity index (χ3v) is 2.33. The maximum absolute atomic E-state index is 8.91. The Morgan fingerprint density at radius 1 is 1.31 bits per heavy atom. The summed E-state index contributed by atoms with van der Waals surface area (Å²) in [7, 11) is -1.56. The standard InChI is InChI=1S/C8H20O4Si/c1-7(10)12-8(5-9)6-11-13(2,3)4/h7-10H,5-6H2,1-4H3/t7-,8?/m0/s1. The van der Waals surface area contributed by atoms with Crippen molar-refractivity contribution >= 4 is 8.32 Å². The van der Waals surface area contributed by atoms with Crippen molar-refractivity contribution in [1.82, 2.24) is 0 Å². The molecule has 0 spiro atoms. The summed E-state index contributed by atoms with van der Waals surface area (Å²) in [6.45, 7) is 7.90. The van der Waals surface area contributed by atoms with Gasteiger partial charge in [-0.2, -0.15) is 0 Å². The molecule has 2 N–H and O–H groups in total. The van der Waals surface area contributed by atoms with E-state index >= 15 is 0 Å². The molecule has 0 rings (SSSR count). The average Bonchev–Trinajstić information content (AvgIpc) is 1.95. The first kappa shape index (κ1) is 13.1. The fourth-order valence-electron chi connectivity index (χ4n) is 0.756. The molecule has 0 aliphatic rings. The molecule has 0 saturated heterocycles. The highest BCUT2D eigenvalue weighted by Crippen LogP contribution is 2.05. The van der Waals surface area contributed by atoms with Crippen molar-refractivity contribution in [3.8, 4) is 0 Å². The van der Waals surface area contributed by atoms with Crippen LogP contribution in [0.2, 0.25) is 19.6 Å². The summed E-state index contributed by atoms with van der Waals surface area (Å²) >= 11 is 0. The molecule has 0 amide bonds. The molecule has 2 atom stereocenters. The van der Waals surface area contributed by atoms with Gasteiger partial charge in [0.2, 0.25) is 0 Å². The molecule has 80 valence electrons. The normalized spacial score (nSPS) is 17.1. The van der Waals surface area contributed by atoms with E-state index in [9.17, 15) is 0 Å². The number of aliphatic hydroxyl groups excluding tert-OH is 2. The van der Waals surface area contributed by atoms with E-state index in [0.717, 1.165) is 0 Å². The van der Waals surface area contributed by atoms with Crippen LogP contribution >= 0.6 is 0 Å². The Labute approximate surface area is 80.6 Å². The number of rotatable bonds is 6. The second-order valence-corrected chi connectivity index (χ2v) is 8.48. The first-order valence-corrected chi connectivity index (χ1v) is 7.84. The molecular weight excluding hydrogens is 188 g/mol. The lowest BCUT2D eigenvalue weighted by atomic mass is 10.4. The van der Waals surface area contributed by atoms with Crippen LogP contribution in [0.1, 0.15) is 6.92 Å². The summed E-state index contributed by atoms with van der Waals surface area (Å²) in [5.74, 6) is 0. The molecule has 5 heteroatoms. The van der Waals surface area contributed by atoms with E-state index in [0.29, 0.717) is 6.61 Å². The number of hydrogen-bond donors (Lipinski definition) is 2. The predicted molar refractivity (Wildman–Crippen MR) is 52.9 cm³/mol. The fourth-order valence-corrected chi connectivity index (χ4v) is 1.44. The maximum Gasteiger partial charge on any atom is 0.183 e. The Morgan fingerprint density at radius 3 is 2.15 bits per heavy atom. The molecule has 0 aromatic heterocycles. The van der Waals surface area contributed by atoms with Crippen molar-refractivity contribution in [2.45, 2.75) is 39.0 Å². The Kier molecular flexibility index (Phi) is 5.74. The van der Waals surface area contributed by atoms with Crippen molar-refractivity contribution in [2.24, 2.45) is 0 Å². The second-order valence-electron chi connectivity index (χ2n) is 3.96. The Hall–Kier alpha value is 0.0569. The minimum atomic E-state index is -1.56. The minimum Gasteiger partial charge on any atom is -0.415 e. The quantitative estimate of drug-likeness (QED) is 0.494. The van der Waals surface area contributed by atoms with Gasteiger partial charge in [-0.25, -0.2) is 0 Å². The van der Waals surface area contributed by atoms with Crippen LogP contribution in [0, 0.1) is 0 Å². The molecule has 0 aliphatic heterocycles. The summed E-state index contributed by atoms with van der Waals surface area (Å²) in [4.78, 5) is 0. The molecule has 0 bridgehead atoms. The molecule has 0 aromatic rings. The van der Waals surface area contributed by atoms with Crippen LogP contribution in [0.3, 0.4) is 0 Å². The van der Waals surface area contributed by atoms with Crippen molar-refractivity contribution < 1.29 is 19.4 Å². The third-order valence-electron chi connectivity index (χ3n) is 1.30. The summed E-state index contributed by atoms with van der Waals surface area (Å²) in [5.41, 5.74) is 0. The van der Waals surface area contributed by atoms with Crippen LogP contribution < -0.4 is 0 Å². The van der Waals surface area contributed by atoms with E-state index in [4.69, 9.17) is 19.4 Å². The van der Waals surface area contributed by atoms with Crippen molar-refractivity contribution in [3.63, 3.8) is 0 Å². The SMILES string of the molecule is C[C@@H](O)OC(CO)CO[Si](C)(C)C. The lowest BCUT2D eigenvalue weighted by molar-refractivity contribution is -0.145. The number of ether oxygens (including phenoxy) is 1. The molecule has 0 radical (unpaired) electrons. The number of aliphatic hydroxyl groups is 2.